The molecular weight excluding hydrogens is 234 g/mol. The molecule has 1 atom stereocenters. The van der Waals surface area contributed by atoms with Crippen molar-refractivity contribution in [3.63, 3.8) is 0 Å². The Bertz CT molecular complexity index is 390. The maximum absolute atomic E-state index is 11.8. The Morgan fingerprint density at radius 2 is 1.88 bits per heavy atom. The molecule has 0 spiro atoms. The fourth-order valence-electron chi connectivity index (χ4n) is 2.54. The molecule has 92 valence electrons. The minimum absolute atomic E-state index is 0.273. The van der Waals surface area contributed by atoms with Crippen LogP contribution >= 0.6 is 12.6 Å². The van der Waals surface area contributed by atoms with Crippen LogP contribution in [0.4, 0.5) is 0 Å². The van der Waals surface area contributed by atoms with Crippen molar-refractivity contribution in [2.24, 2.45) is 11.1 Å². The van der Waals surface area contributed by atoms with Gasteiger partial charge in [0.05, 0.1) is 10.7 Å². The number of carbonyl (C=O) groups is 1. The maximum atomic E-state index is 11.8. The Balaban J connectivity index is 2.30. The zero-order valence-corrected chi connectivity index (χ0v) is 10.6. The van der Waals surface area contributed by atoms with Crippen molar-refractivity contribution in [1.82, 2.24) is 9.97 Å². The molecule has 1 aliphatic carbocycles. The van der Waals surface area contributed by atoms with Gasteiger partial charge in [-0.2, -0.15) is 12.6 Å². The van der Waals surface area contributed by atoms with E-state index in [2.05, 4.69) is 22.6 Å². The highest BCUT2D eigenvalue weighted by Gasteiger charge is 2.45. The molecule has 0 saturated heterocycles. The largest absolute Gasteiger partial charge is 0.369 e. The van der Waals surface area contributed by atoms with E-state index in [1.54, 1.807) is 18.5 Å². The van der Waals surface area contributed by atoms with Crippen LogP contribution in [0.3, 0.4) is 0 Å². The Kier molecular flexibility index (Phi) is 3.66. The molecule has 1 saturated carbocycles. The molecule has 2 rings (SSSR count). The Morgan fingerprint density at radius 1 is 1.29 bits per heavy atom. The van der Waals surface area contributed by atoms with Crippen LogP contribution in [0.25, 0.3) is 0 Å². The number of nitrogens with zero attached hydrogens (tertiary/aromatic N) is 2. The molecule has 1 unspecified atom stereocenters. The number of hydrogen-bond donors (Lipinski definition) is 2. The zero-order chi connectivity index (χ0) is 12.3. The van der Waals surface area contributed by atoms with Crippen LogP contribution in [0.15, 0.2) is 18.5 Å². The lowest BCUT2D eigenvalue weighted by Gasteiger charge is -2.37. The Hall–Kier alpha value is -1.10. The standard InChI is InChI=1S/C12H17N3OS/c13-11(16)12(5-2-1-3-6-12)9(17)10-14-7-4-8-15-10/h4,7-9,17H,1-3,5-6H2,(H2,13,16). The van der Waals surface area contributed by atoms with Crippen molar-refractivity contribution in [1.29, 1.82) is 0 Å². The number of hydrogen-bond acceptors (Lipinski definition) is 4. The normalized spacial score (nSPS) is 20.8. The molecule has 1 fully saturated rings. The van der Waals surface area contributed by atoms with Crippen LogP contribution in [0.5, 0.6) is 0 Å². The Morgan fingerprint density at radius 3 is 2.41 bits per heavy atom. The number of amides is 1. The molecule has 5 heteroatoms. The maximum Gasteiger partial charge on any atom is 0.225 e. The summed E-state index contributed by atoms with van der Waals surface area (Å²) in [7, 11) is 0. The summed E-state index contributed by atoms with van der Waals surface area (Å²) in [6.45, 7) is 0. The first-order chi connectivity index (χ1) is 8.17. The van der Waals surface area contributed by atoms with Gasteiger partial charge in [0, 0.05) is 12.4 Å². The first-order valence-electron chi connectivity index (χ1n) is 5.92. The molecule has 0 radical (unpaired) electrons. The van der Waals surface area contributed by atoms with E-state index in [1.807, 2.05) is 0 Å². The average Bonchev–Trinajstić information content (AvgIpc) is 2.39. The van der Waals surface area contributed by atoms with E-state index in [0.29, 0.717) is 5.82 Å². The molecule has 1 amide bonds. The first-order valence-corrected chi connectivity index (χ1v) is 6.43. The molecule has 0 bridgehead atoms. The van der Waals surface area contributed by atoms with Crippen molar-refractivity contribution < 1.29 is 4.79 Å². The molecule has 1 aliphatic rings. The fraction of sp³-hybridized carbons (Fsp3) is 0.583. The van der Waals surface area contributed by atoms with E-state index < -0.39 is 5.41 Å². The van der Waals surface area contributed by atoms with Gasteiger partial charge in [-0.25, -0.2) is 9.97 Å². The van der Waals surface area contributed by atoms with E-state index in [4.69, 9.17) is 5.73 Å². The number of carbonyl (C=O) groups excluding carboxylic acids is 1. The zero-order valence-electron chi connectivity index (χ0n) is 9.67. The van der Waals surface area contributed by atoms with Crippen LogP contribution < -0.4 is 5.73 Å². The second-order valence-electron chi connectivity index (χ2n) is 4.59. The second kappa shape index (κ2) is 5.04. The average molecular weight is 251 g/mol. The number of rotatable bonds is 3. The van der Waals surface area contributed by atoms with E-state index in [0.717, 1.165) is 32.1 Å². The topological polar surface area (TPSA) is 68.9 Å². The van der Waals surface area contributed by atoms with Crippen molar-refractivity contribution in [2.75, 3.05) is 0 Å². The van der Waals surface area contributed by atoms with E-state index >= 15 is 0 Å². The predicted molar refractivity (Wildman–Crippen MR) is 68.5 cm³/mol. The number of thiol groups is 1. The minimum Gasteiger partial charge on any atom is -0.369 e. The van der Waals surface area contributed by atoms with Gasteiger partial charge in [-0.05, 0) is 18.9 Å². The van der Waals surface area contributed by atoms with Gasteiger partial charge in [-0.3, -0.25) is 4.79 Å². The van der Waals surface area contributed by atoms with Gasteiger partial charge < -0.3 is 5.73 Å². The summed E-state index contributed by atoms with van der Waals surface area (Å²) in [5.74, 6) is 0.321. The van der Waals surface area contributed by atoms with Gasteiger partial charge in [0.25, 0.3) is 0 Å². The van der Waals surface area contributed by atoms with E-state index in [9.17, 15) is 4.79 Å². The predicted octanol–water partition coefficient (Wildman–Crippen LogP) is 1.88. The van der Waals surface area contributed by atoms with Gasteiger partial charge in [-0.15, -0.1) is 0 Å². The summed E-state index contributed by atoms with van der Waals surface area (Å²) in [5, 5.41) is -0.304. The molecule has 1 heterocycles. The third kappa shape index (κ3) is 2.29. The van der Waals surface area contributed by atoms with Gasteiger partial charge in [-0.1, -0.05) is 19.3 Å². The summed E-state index contributed by atoms with van der Waals surface area (Å²) < 4.78 is 0. The highest BCUT2D eigenvalue weighted by Crippen LogP contribution is 2.48. The third-order valence-corrected chi connectivity index (χ3v) is 4.32. The van der Waals surface area contributed by atoms with Crippen molar-refractivity contribution in [2.45, 2.75) is 37.4 Å². The molecule has 2 N–H and O–H groups in total. The summed E-state index contributed by atoms with van der Waals surface area (Å²) in [6, 6.07) is 1.75. The monoisotopic (exact) mass is 251 g/mol. The quantitative estimate of drug-likeness (QED) is 0.806. The smallest absolute Gasteiger partial charge is 0.225 e. The SMILES string of the molecule is NC(=O)C1(C(S)c2ncccn2)CCCCC1. The molecular formula is C12H17N3OS. The van der Waals surface area contributed by atoms with Crippen LogP contribution in [0, 0.1) is 5.41 Å². The van der Waals surface area contributed by atoms with Gasteiger partial charge in [0.1, 0.15) is 5.82 Å². The van der Waals surface area contributed by atoms with E-state index in [1.165, 1.54) is 0 Å². The third-order valence-electron chi connectivity index (χ3n) is 3.59. The first kappa shape index (κ1) is 12.4. The van der Waals surface area contributed by atoms with Crippen molar-refractivity contribution in [3.05, 3.63) is 24.3 Å². The van der Waals surface area contributed by atoms with Crippen LogP contribution in [-0.2, 0) is 4.79 Å². The summed E-state index contributed by atoms with van der Waals surface area (Å²) >= 11 is 4.56. The minimum atomic E-state index is -0.581. The summed E-state index contributed by atoms with van der Waals surface area (Å²) in [5.41, 5.74) is 5.02. The lowest BCUT2D eigenvalue weighted by Crippen LogP contribution is -2.42. The number of nitrogens with two attached hydrogens (primary N) is 1. The van der Waals surface area contributed by atoms with Gasteiger partial charge >= 0.3 is 0 Å². The van der Waals surface area contributed by atoms with Crippen LogP contribution in [0.1, 0.15) is 43.2 Å². The second-order valence-corrected chi connectivity index (χ2v) is 5.11. The van der Waals surface area contributed by atoms with Crippen molar-refractivity contribution in [3.8, 4) is 0 Å². The lowest BCUT2D eigenvalue weighted by atomic mass is 9.70. The van der Waals surface area contributed by atoms with Gasteiger partial charge in [0.2, 0.25) is 5.91 Å². The molecule has 4 nitrogen and oxygen atoms in total. The van der Waals surface area contributed by atoms with Crippen LogP contribution in [-0.4, -0.2) is 15.9 Å². The molecule has 0 aliphatic heterocycles. The number of aromatic nitrogens is 2. The van der Waals surface area contributed by atoms with Crippen LogP contribution in [0.2, 0.25) is 0 Å². The van der Waals surface area contributed by atoms with Gasteiger partial charge in [0.15, 0.2) is 0 Å². The van der Waals surface area contributed by atoms with E-state index in [-0.39, 0.29) is 11.2 Å². The molecule has 17 heavy (non-hydrogen) atoms. The molecule has 1 aromatic rings. The molecule has 1 aromatic heterocycles. The van der Waals surface area contributed by atoms with Crippen molar-refractivity contribution >= 4 is 18.5 Å². The highest BCUT2D eigenvalue weighted by molar-refractivity contribution is 7.80. The number of primary amides is 1. The Labute approximate surface area is 106 Å². The molecule has 0 aromatic carbocycles. The summed E-state index contributed by atoms with van der Waals surface area (Å²) in [4.78, 5) is 20.2. The fourth-order valence-corrected chi connectivity index (χ4v) is 3.05. The highest BCUT2D eigenvalue weighted by atomic mass is 32.1. The lowest BCUT2D eigenvalue weighted by molar-refractivity contribution is -0.129. The summed E-state index contributed by atoms with van der Waals surface area (Å²) in [6.07, 6.45) is 8.11.